The van der Waals surface area contributed by atoms with E-state index in [1.54, 1.807) is 7.11 Å². The highest BCUT2D eigenvalue weighted by Crippen LogP contribution is 2.37. The SMILES string of the molecule is COc1ccc(B2OC(C)(C)C(C)(C)O2)c(COC2CCC(C)C(C)C2)c1. The molecule has 0 amide bonds. The van der Waals surface area contributed by atoms with E-state index in [1.807, 2.05) is 12.1 Å². The third kappa shape index (κ3) is 4.36. The van der Waals surface area contributed by atoms with Crippen molar-refractivity contribution in [1.29, 1.82) is 0 Å². The quantitative estimate of drug-likeness (QED) is 0.719. The van der Waals surface area contributed by atoms with Crippen molar-refractivity contribution in [2.75, 3.05) is 7.11 Å². The highest BCUT2D eigenvalue weighted by molar-refractivity contribution is 6.62. The van der Waals surface area contributed by atoms with E-state index in [4.69, 9.17) is 18.8 Å². The average molecular weight is 374 g/mol. The van der Waals surface area contributed by atoms with Crippen LogP contribution in [0.25, 0.3) is 0 Å². The van der Waals surface area contributed by atoms with E-state index in [1.165, 1.54) is 6.42 Å². The molecule has 150 valence electrons. The maximum Gasteiger partial charge on any atom is 0.495 e. The van der Waals surface area contributed by atoms with E-state index in [2.05, 4.69) is 47.6 Å². The number of benzene rings is 1. The van der Waals surface area contributed by atoms with E-state index in [9.17, 15) is 0 Å². The second kappa shape index (κ2) is 7.77. The highest BCUT2D eigenvalue weighted by atomic mass is 16.7. The van der Waals surface area contributed by atoms with Crippen LogP contribution in [0.15, 0.2) is 18.2 Å². The largest absolute Gasteiger partial charge is 0.497 e. The fraction of sp³-hybridized carbons (Fsp3) is 0.727. The number of rotatable bonds is 5. The zero-order valence-electron chi connectivity index (χ0n) is 18.0. The maximum absolute atomic E-state index is 6.32. The van der Waals surface area contributed by atoms with Crippen LogP contribution in [0.2, 0.25) is 0 Å². The van der Waals surface area contributed by atoms with Crippen molar-refractivity contribution < 1.29 is 18.8 Å². The molecule has 3 unspecified atom stereocenters. The zero-order chi connectivity index (χ0) is 19.8. The lowest BCUT2D eigenvalue weighted by Crippen LogP contribution is -2.41. The van der Waals surface area contributed by atoms with Crippen molar-refractivity contribution >= 4 is 12.6 Å². The van der Waals surface area contributed by atoms with E-state index in [0.29, 0.717) is 12.7 Å². The summed E-state index contributed by atoms with van der Waals surface area (Å²) < 4.78 is 24.3. The molecule has 5 heteroatoms. The van der Waals surface area contributed by atoms with Gasteiger partial charge in [-0.3, -0.25) is 0 Å². The lowest BCUT2D eigenvalue weighted by atomic mass is 9.76. The molecule has 2 aliphatic rings. The first kappa shape index (κ1) is 20.7. The lowest BCUT2D eigenvalue weighted by molar-refractivity contribution is -0.00728. The van der Waals surface area contributed by atoms with Crippen LogP contribution in [-0.2, 0) is 20.7 Å². The fourth-order valence-electron chi connectivity index (χ4n) is 3.89. The molecular formula is C22H35BO4. The molecule has 1 aliphatic carbocycles. The van der Waals surface area contributed by atoms with Gasteiger partial charge in [-0.25, -0.2) is 0 Å². The third-order valence-corrected chi connectivity index (χ3v) is 6.88. The molecule has 27 heavy (non-hydrogen) atoms. The van der Waals surface area contributed by atoms with Crippen LogP contribution in [0.4, 0.5) is 0 Å². The molecule has 0 N–H and O–H groups in total. The molecule has 1 saturated heterocycles. The van der Waals surface area contributed by atoms with Gasteiger partial charge in [-0.15, -0.1) is 0 Å². The van der Waals surface area contributed by atoms with Gasteiger partial charge in [-0.05, 0) is 82.0 Å². The van der Waals surface area contributed by atoms with Crippen LogP contribution in [-0.4, -0.2) is 31.5 Å². The summed E-state index contributed by atoms with van der Waals surface area (Å²) in [6, 6.07) is 6.06. The molecule has 1 aliphatic heterocycles. The van der Waals surface area contributed by atoms with Gasteiger partial charge >= 0.3 is 7.12 Å². The van der Waals surface area contributed by atoms with E-state index < -0.39 is 0 Å². The summed E-state index contributed by atoms with van der Waals surface area (Å²) in [5.74, 6) is 2.35. The van der Waals surface area contributed by atoms with Gasteiger partial charge in [-0.2, -0.15) is 0 Å². The van der Waals surface area contributed by atoms with Gasteiger partial charge in [-0.1, -0.05) is 19.9 Å². The summed E-state index contributed by atoms with van der Waals surface area (Å²) in [5, 5.41) is 0. The van der Waals surface area contributed by atoms with Crippen molar-refractivity contribution in [2.24, 2.45) is 11.8 Å². The van der Waals surface area contributed by atoms with Crippen LogP contribution in [0, 0.1) is 11.8 Å². The summed E-state index contributed by atoms with van der Waals surface area (Å²) in [6.07, 6.45) is 3.85. The zero-order valence-corrected chi connectivity index (χ0v) is 18.0. The van der Waals surface area contributed by atoms with Crippen molar-refractivity contribution in [3.05, 3.63) is 23.8 Å². The molecule has 0 aromatic heterocycles. The molecule has 0 radical (unpaired) electrons. The van der Waals surface area contributed by atoms with Gasteiger partial charge in [0, 0.05) is 0 Å². The monoisotopic (exact) mass is 374 g/mol. The predicted molar refractivity (Wildman–Crippen MR) is 109 cm³/mol. The highest BCUT2D eigenvalue weighted by Gasteiger charge is 2.52. The first-order valence-corrected chi connectivity index (χ1v) is 10.3. The third-order valence-electron chi connectivity index (χ3n) is 6.88. The fourth-order valence-corrected chi connectivity index (χ4v) is 3.89. The molecular weight excluding hydrogens is 339 g/mol. The topological polar surface area (TPSA) is 36.9 Å². The number of hydrogen-bond acceptors (Lipinski definition) is 4. The molecule has 3 atom stereocenters. The van der Waals surface area contributed by atoms with Crippen molar-refractivity contribution in [3.63, 3.8) is 0 Å². The summed E-state index contributed by atoms with van der Waals surface area (Å²) in [5.41, 5.74) is 1.40. The molecule has 1 heterocycles. The Kier molecular flexibility index (Phi) is 5.95. The van der Waals surface area contributed by atoms with Crippen molar-refractivity contribution in [1.82, 2.24) is 0 Å². The Labute approximate surface area is 165 Å². The van der Waals surface area contributed by atoms with Gasteiger partial charge < -0.3 is 18.8 Å². The number of ether oxygens (including phenoxy) is 2. The van der Waals surface area contributed by atoms with E-state index in [-0.39, 0.29) is 18.3 Å². The van der Waals surface area contributed by atoms with Gasteiger partial charge in [0.25, 0.3) is 0 Å². The summed E-state index contributed by atoms with van der Waals surface area (Å²) >= 11 is 0. The summed E-state index contributed by atoms with van der Waals surface area (Å²) in [7, 11) is 1.31. The van der Waals surface area contributed by atoms with Crippen LogP contribution in [0.5, 0.6) is 5.75 Å². The summed E-state index contributed by atoms with van der Waals surface area (Å²) in [4.78, 5) is 0. The van der Waals surface area contributed by atoms with Crippen molar-refractivity contribution in [2.45, 2.75) is 84.7 Å². The van der Waals surface area contributed by atoms with Gasteiger partial charge in [0.1, 0.15) is 5.75 Å². The smallest absolute Gasteiger partial charge is 0.495 e. The van der Waals surface area contributed by atoms with Crippen LogP contribution in [0.1, 0.15) is 66.4 Å². The minimum Gasteiger partial charge on any atom is -0.497 e. The molecule has 4 nitrogen and oxygen atoms in total. The van der Waals surface area contributed by atoms with Gasteiger partial charge in [0.2, 0.25) is 0 Å². The second-order valence-corrected chi connectivity index (χ2v) is 9.35. The Bertz CT molecular complexity index is 642. The van der Waals surface area contributed by atoms with Crippen molar-refractivity contribution in [3.8, 4) is 5.75 Å². The second-order valence-electron chi connectivity index (χ2n) is 9.35. The molecule has 0 bridgehead atoms. The van der Waals surface area contributed by atoms with E-state index >= 15 is 0 Å². The minimum atomic E-state index is -0.384. The Morgan fingerprint density at radius 1 is 1.04 bits per heavy atom. The molecule has 1 saturated carbocycles. The molecule has 2 fully saturated rings. The standard InChI is InChI=1S/C22H35BO4/c1-15-8-9-19(12-16(15)2)25-14-17-13-18(24-7)10-11-20(17)23-26-21(3,4)22(5,6)27-23/h10-11,13,15-16,19H,8-9,12,14H2,1-7H3. The Balaban J connectivity index is 1.76. The molecule has 1 aromatic carbocycles. The number of methoxy groups -OCH3 is 1. The van der Waals surface area contributed by atoms with Crippen LogP contribution < -0.4 is 10.2 Å². The first-order chi connectivity index (χ1) is 12.6. The van der Waals surface area contributed by atoms with Gasteiger partial charge in [0.15, 0.2) is 0 Å². The summed E-state index contributed by atoms with van der Waals surface area (Å²) in [6.45, 7) is 13.6. The lowest BCUT2D eigenvalue weighted by Gasteiger charge is -2.32. The minimum absolute atomic E-state index is 0.327. The van der Waals surface area contributed by atoms with Crippen LogP contribution >= 0.6 is 0 Å². The predicted octanol–water partition coefficient (Wildman–Crippen LogP) is 4.34. The molecule has 0 spiro atoms. The van der Waals surface area contributed by atoms with Gasteiger partial charge in [0.05, 0.1) is 31.0 Å². The average Bonchev–Trinajstić information content (AvgIpc) is 2.83. The molecule has 1 aromatic rings. The Morgan fingerprint density at radius 3 is 2.30 bits per heavy atom. The van der Waals surface area contributed by atoms with Crippen LogP contribution in [0.3, 0.4) is 0 Å². The Morgan fingerprint density at radius 2 is 1.70 bits per heavy atom. The van der Waals surface area contributed by atoms with E-state index in [0.717, 1.165) is 41.5 Å². The maximum atomic E-state index is 6.32. The normalized spacial score (nSPS) is 29.7. The Hall–Kier alpha value is -1.04. The molecule has 3 rings (SSSR count). The number of hydrogen-bond donors (Lipinski definition) is 0. The first-order valence-electron chi connectivity index (χ1n) is 10.3.